The summed E-state index contributed by atoms with van der Waals surface area (Å²) >= 11 is 0. The molecule has 0 aromatic heterocycles. The van der Waals surface area contributed by atoms with Crippen molar-refractivity contribution in [2.24, 2.45) is 5.92 Å². The maximum absolute atomic E-state index is 12.6. The summed E-state index contributed by atoms with van der Waals surface area (Å²) in [5.74, 6) is -1.76. The molecule has 0 unspecified atom stereocenters. The number of nitrogens with one attached hydrogen (secondary N) is 1. The highest BCUT2D eigenvalue weighted by Gasteiger charge is 2.45. The fourth-order valence-corrected chi connectivity index (χ4v) is 2.62. The van der Waals surface area contributed by atoms with Crippen LogP contribution in [0.5, 0.6) is 0 Å². The Kier molecular flexibility index (Phi) is 5.61. The van der Waals surface area contributed by atoms with Crippen LogP contribution in [0, 0.1) is 5.92 Å². The van der Waals surface area contributed by atoms with Gasteiger partial charge in [-0.25, -0.2) is 4.79 Å². The first kappa shape index (κ1) is 21.2. The van der Waals surface area contributed by atoms with E-state index >= 15 is 0 Å². The second-order valence-corrected chi connectivity index (χ2v) is 8.06. The zero-order valence-electron chi connectivity index (χ0n) is 15.7. The highest BCUT2D eigenvalue weighted by molar-refractivity contribution is 5.85. The summed E-state index contributed by atoms with van der Waals surface area (Å²) < 4.78 is 42.9. The number of halogens is 3. The van der Waals surface area contributed by atoms with Gasteiger partial charge in [-0.15, -0.1) is 0 Å². The lowest BCUT2D eigenvalue weighted by atomic mass is 10.1. The lowest BCUT2D eigenvalue weighted by molar-refractivity contribution is -0.174. The van der Waals surface area contributed by atoms with Crippen LogP contribution in [0.25, 0.3) is 0 Å². The molecule has 5 nitrogen and oxygen atoms in total. The Morgan fingerprint density at radius 3 is 2.19 bits per heavy atom. The first-order valence-electron chi connectivity index (χ1n) is 8.61. The minimum Gasteiger partial charge on any atom is -0.458 e. The Labute approximate surface area is 155 Å². The average molecular weight is 387 g/mol. The summed E-state index contributed by atoms with van der Waals surface area (Å²) in [7, 11) is 0. The molecule has 1 aliphatic rings. The van der Waals surface area contributed by atoms with E-state index < -0.39 is 34.8 Å². The Balaban J connectivity index is 1.89. The van der Waals surface area contributed by atoms with Gasteiger partial charge in [0, 0.05) is 5.92 Å². The summed E-state index contributed by atoms with van der Waals surface area (Å²) in [6.45, 7) is 5.94. The van der Waals surface area contributed by atoms with E-state index in [1.165, 1.54) is 19.1 Å². The average Bonchev–Trinajstić information content (AvgIpc) is 3.31. The topological polar surface area (TPSA) is 75.6 Å². The van der Waals surface area contributed by atoms with Gasteiger partial charge in [0.1, 0.15) is 5.60 Å². The van der Waals surface area contributed by atoms with Crippen LogP contribution in [-0.4, -0.2) is 34.7 Å². The van der Waals surface area contributed by atoms with Crippen LogP contribution in [0.4, 0.5) is 13.2 Å². The molecule has 1 aromatic carbocycles. The third kappa shape index (κ3) is 5.69. The van der Waals surface area contributed by atoms with Gasteiger partial charge in [-0.1, -0.05) is 12.1 Å². The number of esters is 1. The molecular weight excluding hydrogens is 363 g/mol. The van der Waals surface area contributed by atoms with Crippen molar-refractivity contribution in [3.05, 3.63) is 35.4 Å². The van der Waals surface area contributed by atoms with Gasteiger partial charge >= 0.3 is 12.1 Å². The van der Waals surface area contributed by atoms with Crippen molar-refractivity contribution in [2.45, 2.75) is 57.4 Å². The number of aliphatic hydroxyl groups is 1. The van der Waals surface area contributed by atoms with Crippen LogP contribution in [0.2, 0.25) is 0 Å². The van der Waals surface area contributed by atoms with Crippen LogP contribution in [0.15, 0.2) is 24.3 Å². The van der Waals surface area contributed by atoms with E-state index in [4.69, 9.17) is 4.74 Å². The summed E-state index contributed by atoms with van der Waals surface area (Å²) in [6, 6.07) is 4.74. The molecule has 27 heavy (non-hydrogen) atoms. The number of hydrogen-bond acceptors (Lipinski definition) is 4. The first-order chi connectivity index (χ1) is 12.2. The smallest absolute Gasteiger partial charge is 0.416 e. The number of alkyl halides is 3. The lowest BCUT2D eigenvalue weighted by Gasteiger charge is -2.27. The molecule has 0 heterocycles. The summed E-state index contributed by atoms with van der Waals surface area (Å²) in [4.78, 5) is 24.2. The van der Waals surface area contributed by atoms with Gasteiger partial charge in [-0.2, -0.15) is 13.2 Å². The molecule has 1 aromatic rings. The van der Waals surface area contributed by atoms with Crippen molar-refractivity contribution in [1.82, 2.24) is 5.32 Å². The minimum atomic E-state index is -4.40. The second kappa shape index (κ2) is 7.14. The number of amides is 1. The summed E-state index contributed by atoms with van der Waals surface area (Å²) in [5, 5.41) is 12.7. The van der Waals surface area contributed by atoms with Crippen molar-refractivity contribution in [2.75, 3.05) is 6.54 Å². The zero-order chi connectivity index (χ0) is 20.6. The van der Waals surface area contributed by atoms with Crippen LogP contribution in [0.3, 0.4) is 0 Å². The van der Waals surface area contributed by atoms with Crippen molar-refractivity contribution in [3.8, 4) is 0 Å². The number of carbonyl (C=O) groups is 2. The highest BCUT2D eigenvalue weighted by atomic mass is 19.4. The van der Waals surface area contributed by atoms with Gasteiger partial charge in [-0.3, -0.25) is 4.79 Å². The molecule has 1 aliphatic carbocycles. The molecule has 1 amide bonds. The molecule has 2 rings (SSSR count). The fraction of sp³-hybridized carbons (Fsp3) is 0.579. The Morgan fingerprint density at radius 1 is 1.15 bits per heavy atom. The number of benzene rings is 1. The van der Waals surface area contributed by atoms with Gasteiger partial charge in [0.2, 0.25) is 5.91 Å². The monoisotopic (exact) mass is 387 g/mol. The van der Waals surface area contributed by atoms with Crippen LogP contribution in [0.1, 0.15) is 51.2 Å². The second-order valence-electron chi connectivity index (χ2n) is 8.06. The predicted octanol–water partition coefficient (Wildman–Crippen LogP) is 3.02. The maximum atomic E-state index is 12.6. The standard InChI is InChI=1S/C19H24F3NO4/c1-17(2,3)27-16(25)18(4,26)10-23-15(24)14-9-13(14)11-5-7-12(8-6-11)19(20,21)22/h5-8,13-14,26H,9-10H2,1-4H3,(H,23,24)/t13-,14+,18-/m1/s1. The number of hydrogen-bond donors (Lipinski definition) is 2. The van der Waals surface area contributed by atoms with Gasteiger partial charge in [0.05, 0.1) is 12.1 Å². The van der Waals surface area contributed by atoms with Crippen LogP contribution < -0.4 is 5.32 Å². The summed E-state index contributed by atoms with van der Waals surface area (Å²) in [6.07, 6.45) is -3.89. The molecule has 0 radical (unpaired) electrons. The molecular formula is C19H24F3NO4. The zero-order valence-corrected chi connectivity index (χ0v) is 15.7. The van der Waals surface area contributed by atoms with Crippen molar-refractivity contribution in [1.29, 1.82) is 0 Å². The van der Waals surface area contributed by atoms with E-state index in [0.29, 0.717) is 12.0 Å². The first-order valence-corrected chi connectivity index (χ1v) is 8.61. The highest BCUT2D eigenvalue weighted by Crippen LogP contribution is 2.48. The van der Waals surface area contributed by atoms with Gasteiger partial charge in [0.25, 0.3) is 0 Å². The van der Waals surface area contributed by atoms with Crippen LogP contribution >= 0.6 is 0 Å². The molecule has 0 aliphatic heterocycles. The normalized spacial score (nSPS) is 21.9. The molecule has 0 spiro atoms. The molecule has 0 bridgehead atoms. The van der Waals surface area contributed by atoms with E-state index in [1.54, 1.807) is 20.8 Å². The minimum absolute atomic E-state index is 0.168. The third-order valence-electron chi connectivity index (χ3n) is 4.24. The Morgan fingerprint density at radius 2 is 1.70 bits per heavy atom. The molecule has 8 heteroatoms. The van der Waals surface area contributed by atoms with E-state index in [2.05, 4.69) is 5.32 Å². The fourth-order valence-electron chi connectivity index (χ4n) is 2.62. The molecule has 0 saturated heterocycles. The molecule has 1 saturated carbocycles. The van der Waals surface area contributed by atoms with Crippen LogP contribution in [-0.2, 0) is 20.5 Å². The molecule has 3 atom stereocenters. The van der Waals surface area contributed by atoms with E-state index in [1.807, 2.05) is 0 Å². The third-order valence-corrected chi connectivity index (χ3v) is 4.24. The number of rotatable bonds is 5. The quantitative estimate of drug-likeness (QED) is 0.762. The van der Waals surface area contributed by atoms with Crippen molar-refractivity contribution >= 4 is 11.9 Å². The SMILES string of the molecule is CC(C)(C)OC(=O)[C@](C)(O)CNC(=O)[C@H]1C[C@@H]1c1ccc(C(F)(F)F)cc1. The molecule has 1 fully saturated rings. The largest absolute Gasteiger partial charge is 0.458 e. The lowest BCUT2D eigenvalue weighted by Crippen LogP contribution is -2.49. The Hall–Kier alpha value is -2.09. The predicted molar refractivity (Wildman–Crippen MR) is 91.8 cm³/mol. The number of carbonyl (C=O) groups excluding carboxylic acids is 2. The summed E-state index contributed by atoms with van der Waals surface area (Å²) in [5.41, 5.74) is -2.72. The van der Waals surface area contributed by atoms with Crippen molar-refractivity contribution < 1.29 is 32.6 Å². The maximum Gasteiger partial charge on any atom is 0.416 e. The van der Waals surface area contributed by atoms with E-state index in [9.17, 15) is 27.9 Å². The molecule has 2 N–H and O–H groups in total. The van der Waals surface area contributed by atoms with Gasteiger partial charge in [-0.05, 0) is 57.7 Å². The Bertz CT molecular complexity index is 705. The van der Waals surface area contributed by atoms with Crippen molar-refractivity contribution in [3.63, 3.8) is 0 Å². The van der Waals surface area contributed by atoms with Gasteiger partial charge < -0.3 is 15.2 Å². The van der Waals surface area contributed by atoms with E-state index in [0.717, 1.165) is 12.1 Å². The number of ether oxygens (including phenoxy) is 1. The molecule has 150 valence electrons. The van der Waals surface area contributed by atoms with Gasteiger partial charge in [0.15, 0.2) is 5.60 Å². The van der Waals surface area contributed by atoms with E-state index in [-0.39, 0.29) is 18.4 Å².